The van der Waals surface area contributed by atoms with E-state index >= 15 is 0 Å². The number of amides is 1. The van der Waals surface area contributed by atoms with Gasteiger partial charge in [0.05, 0.1) is 19.6 Å². The molecule has 0 aromatic heterocycles. The van der Waals surface area contributed by atoms with Crippen molar-refractivity contribution >= 4 is 11.9 Å². The van der Waals surface area contributed by atoms with Crippen molar-refractivity contribution in [2.45, 2.75) is 31.7 Å². The number of alkyl halides is 3. The van der Waals surface area contributed by atoms with Crippen LogP contribution in [0.5, 0.6) is 5.75 Å². The fourth-order valence-electron chi connectivity index (χ4n) is 2.78. The third-order valence-corrected chi connectivity index (χ3v) is 4.14. The summed E-state index contributed by atoms with van der Waals surface area (Å²) in [5.41, 5.74) is 0.493. The Morgan fingerprint density at radius 1 is 1.23 bits per heavy atom. The molecule has 6 nitrogen and oxygen atoms in total. The highest BCUT2D eigenvalue weighted by Gasteiger charge is 2.31. The van der Waals surface area contributed by atoms with Gasteiger partial charge in [-0.25, -0.2) is 0 Å². The molecule has 1 fully saturated rings. The number of rotatable bonds is 6. The first kappa shape index (κ1) is 20.0. The summed E-state index contributed by atoms with van der Waals surface area (Å²) in [5, 5.41) is 5.97. The molecule has 26 heavy (non-hydrogen) atoms. The number of esters is 1. The predicted molar refractivity (Wildman–Crippen MR) is 86.2 cm³/mol. The Hall–Kier alpha value is -2.29. The average Bonchev–Trinajstić information content (AvgIpc) is 2.61. The molecule has 1 heterocycles. The SMILES string of the molecule is COC(=O)CC(NC(=O)C1CCNCC1)c1ccc(OC(F)(F)F)cc1. The van der Waals surface area contributed by atoms with Crippen molar-refractivity contribution in [2.75, 3.05) is 20.2 Å². The van der Waals surface area contributed by atoms with Crippen LogP contribution >= 0.6 is 0 Å². The maximum absolute atomic E-state index is 12.4. The standard InChI is InChI=1S/C17H21F3N2O4/c1-25-15(23)10-14(22-16(24)12-6-8-21-9-7-12)11-2-4-13(5-3-11)26-17(18,19)20/h2-5,12,14,21H,6-10H2,1H3,(H,22,24). The number of hydrogen-bond acceptors (Lipinski definition) is 5. The van der Waals surface area contributed by atoms with Crippen molar-refractivity contribution in [1.82, 2.24) is 10.6 Å². The summed E-state index contributed by atoms with van der Waals surface area (Å²) >= 11 is 0. The second-order valence-electron chi connectivity index (χ2n) is 5.98. The van der Waals surface area contributed by atoms with Gasteiger partial charge in [0.2, 0.25) is 5.91 Å². The molecule has 9 heteroatoms. The fourth-order valence-corrected chi connectivity index (χ4v) is 2.78. The largest absolute Gasteiger partial charge is 0.573 e. The number of piperidine rings is 1. The zero-order valence-electron chi connectivity index (χ0n) is 14.3. The number of methoxy groups -OCH3 is 1. The molecule has 1 unspecified atom stereocenters. The maximum Gasteiger partial charge on any atom is 0.573 e. The molecule has 0 bridgehead atoms. The monoisotopic (exact) mass is 374 g/mol. The first-order valence-corrected chi connectivity index (χ1v) is 8.22. The van der Waals surface area contributed by atoms with Crippen molar-refractivity contribution in [3.05, 3.63) is 29.8 Å². The lowest BCUT2D eigenvalue weighted by atomic mass is 9.95. The summed E-state index contributed by atoms with van der Waals surface area (Å²) in [7, 11) is 1.23. The number of carbonyl (C=O) groups is 2. The highest BCUT2D eigenvalue weighted by Crippen LogP contribution is 2.26. The highest BCUT2D eigenvalue weighted by molar-refractivity contribution is 5.80. The Bertz CT molecular complexity index is 613. The lowest BCUT2D eigenvalue weighted by Crippen LogP contribution is -2.40. The molecule has 1 amide bonds. The van der Waals surface area contributed by atoms with Gasteiger partial charge in [-0.1, -0.05) is 12.1 Å². The van der Waals surface area contributed by atoms with Crippen LogP contribution in [0.3, 0.4) is 0 Å². The van der Waals surface area contributed by atoms with Crippen molar-refractivity contribution in [3.63, 3.8) is 0 Å². The number of halogens is 3. The molecule has 2 N–H and O–H groups in total. The van der Waals surface area contributed by atoms with Gasteiger partial charge < -0.3 is 20.1 Å². The van der Waals surface area contributed by atoms with Crippen LogP contribution in [0.25, 0.3) is 0 Å². The smallest absolute Gasteiger partial charge is 0.469 e. The second kappa shape index (κ2) is 8.88. The van der Waals surface area contributed by atoms with E-state index in [1.807, 2.05) is 0 Å². The number of ether oxygens (including phenoxy) is 2. The van der Waals surface area contributed by atoms with Gasteiger partial charge in [-0.15, -0.1) is 13.2 Å². The number of benzene rings is 1. The minimum absolute atomic E-state index is 0.118. The normalized spacial score (nSPS) is 16.6. The molecule has 1 saturated heterocycles. The van der Waals surface area contributed by atoms with Gasteiger partial charge in [0.15, 0.2) is 0 Å². The van der Waals surface area contributed by atoms with Crippen molar-refractivity contribution < 1.29 is 32.2 Å². The predicted octanol–water partition coefficient (Wildman–Crippen LogP) is 2.31. The summed E-state index contributed by atoms with van der Waals surface area (Å²) in [6.45, 7) is 1.48. The van der Waals surface area contributed by atoms with E-state index in [9.17, 15) is 22.8 Å². The number of nitrogens with one attached hydrogen (secondary N) is 2. The van der Waals surface area contributed by atoms with Gasteiger partial charge in [0, 0.05) is 5.92 Å². The molecular weight excluding hydrogens is 353 g/mol. The van der Waals surface area contributed by atoms with Crippen LogP contribution in [0, 0.1) is 5.92 Å². The molecule has 0 spiro atoms. The first-order valence-electron chi connectivity index (χ1n) is 8.22. The Kier molecular flexibility index (Phi) is 6.84. The van der Waals surface area contributed by atoms with Crippen LogP contribution in [0.4, 0.5) is 13.2 Å². The molecule has 0 saturated carbocycles. The van der Waals surface area contributed by atoms with Gasteiger partial charge in [0.25, 0.3) is 0 Å². The van der Waals surface area contributed by atoms with Gasteiger partial charge in [-0.2, -0.15) is 0 Å². The van der Waals surface area contributed by atoms with E-state index in [0.717, 1.165) is 25.2 Å². The molecule has 144 valence electrons. The van der Waals surface area contributed by atoms with E-state index in [4.69, 9.17) is 0 Å². The third-order valence-electron chi connectivity index (χ3n) is 4.14. The molecule has 2 rings (SSSR count). The Balaban J connectivity index is 2.10. The van der Waals surface area contributed by atoms with Gasteiger partial charge in [-0.05, 0) is 43.6 Å². The summed E-state index contributed by atoms with van der Waals surface area (Å²) in [6, 6.07) is 4.37. The van der Waals surface area contributed by atoms with Gasteiger partial charge >= 0.3 is 12.3 Å². The zero-order valence-corrected chi connectivity index (χ0v) is 14.3. The fraction of sp³-hybridized carbons (Fsp3) is 0.529. The molecule has 1 aliphatic rings. The molecule has 1 aromatic rings. The minimum Gasteiger partial charge on any atom is -0.469 e. The average molecular weight is 374 g/mol. The lowest BCUT2D eigenvalue weighted by Gasteiger charge is -2.25. The van der Waals surface area contributed by atoms with E-state index in [1.165, 1.54) is 19.2 Å². The highest BCUT2D eigenvalue weighted by atomic mass is 19.4. The van der Waals surface area contributed by atoms with E-state index < -0.39 is 18.4 Å². The minimum atomic E-state index is -4.78. The first-order chi connectivity index (χ1) is 12.3. The van der Waals surface area contributed by atoms with E-state index in [2.05, 4.69) is 20.1 Å². The molecule has 0 radical (unpaired) electrons. The van der Waals surface area contributed by atoms with Crippen LogP contribution in [0.15, 0.2) is 24.3 Å². The number of carbonyl (C=O) groups excluding carboxylic acids is 2. The molecule has 0 aliphatic carbocycles. The number of hydrogen-bond donors (Lipinski definition) is 2. The van der Waals surface area contributed by atoms with E-state index in [1.54, 1.807) is 0 Å². The van der Waals surface area contributed by atoms with Crippen LogP contribution in [0.1, 0.15) is 30.9 Å². The lowest BCUT2D eigenvalue weighted by molar-refractivity contribution is -0.274. The van der Waals surface area contributed by atoms with Crippen LogP contribution < -0.4 is 15.4 Å². The zero-order chi connectivity index (χ0) is 19.2. The summed E-state index contributed by atoms with van der Waals surface area (Å²) < 4.78 is 45.2. The second-order valence-corrected chi connectivity index (χ2v) is 5.98. The molecule has 1 atom stereocenters. The molecular formula is C17H21F3N2O4. The van der Waals surface area contributed by atoms with Gasteiger partial charge in [-0.3, -0.25) is 9.59 Å². The summed E-state index contributed by atoms with van der Waals surface area (Å²) in [4.78, 5) is 24.1. The molecule has 1 aliphatic heterocycles. The van der Waals surface area contributed by atoms with E-state index in [0.29, 0.717) is 18.4 Å². The van der Waals surface area contributed by atoms with Crippen molar-refractivity contribution in [2.24, 2.45) is 5.92 Å². The Morgan fingerprint density at radius 2 is 1.85 bits per heavy atom. The summed E-state index contributed by atoms with van der Waals surface area (Å²) in [6.07, 6.45) is -3.52. The van der Waals surface area contributed by atoms with Crippen LogP contribution in [-0.2, 0) is 14.3 Å². The third kappa shape index (κ3) is 6.21. The molecule has 1 aromatic carbocycles. The van der Waals surface area contributed by atoms with Crippen LogP contribution in [0.2, 0.25) is 0 Å². The van der Waals surface area contributed by atoms with Crippen LogP contribution in [-0.4, -0.2) is 38.4 Å². The Morgan fingerprint density at radius 3 is 2.38 bits per heavy atom. The summed E-state index contributed by atoms with van der Waals surface area (Å²) in [5.74, 6) is -1.25. The maximum atomic E-state index is 12.4. The topological polar surface area (TPSA) is 76.7 Å². The van der Waals surface area contributed by atoms with Gasteiger partial charge in [0.1, 0.15) is 5.75 Å². The van der Waals surface area contributed by atoms with Crippen molar-refractivity contribution in [1.29, 1.82) is 0 Å². The quantitative estimate of drug-likeness (QED) is 0.748. The van der Waals surface area contributed by atoms with Crippen molar-refractivity contribution in [3.8, 4) is 5.75 Å². The van der Waals surface area contributed by atoms with E-state index in [-0.39, 0.29) is 24.0 Å². The Labute approximate surface area is 149 Å².